The normalized spacial score (nSPS) is 19.0. The van der Waals surface area contributed by atoms with E-state index in [1.165, 1.54) is 25.7 Å². The molecule has 184 valence electrons. The number of nitrogens with zero attached hydrogens (tertiary/aromatic N) is 4. The molecule has 5 rings (SSSR count). The number of rotatable bonds is 6. The maximum Gasteiger partial charge on any atom is 0.262 e. The van der Waals surface area contributed by atoms with E-state index in [0.29, 0.717) is 49.9 Å². The molecule has 2 aliphatic heterocycles. The van der Waals surface area contributed by atoms with Gasteiger partial charge in [-0.3, -0.25) is 29.0 Å². The zero-order valence-electron chi connectivity index (χ0n) is 20.5. The molecule has 1 aromatic carbocycles. The summed E-state index contributed by atoms with van der Waals surface area (Å²) in [6.45, 7) is 6.32. The largest absolute Gasteiger partial charge is 0.345 e. The molecule has 2 fully saturated rings. The van der Waals surface area contributed by atoms with E-state index in [9.17, 15) is 19.2 Å². The second kappa shape index (κ2) is 9.41. The van der Waals surface area contributed by atoms with Gasteiger partial charge >= 0.3 is 0 Å². The van der Waals surface area contributed by atoms with Crippen molar-refractivity contribution in [2.75, 3.05) is 39.3 Å². The number of aryl methyl sites for hydroxylation is 1. The van der Waals surface area contributed by atoms with E-state index >= 15 is 0 Å². The van der Waals surface area contributed by atoms with Gasteiger partial charge in [0.15, 0.2) is 5.78 Å². The number of piperazine rings is 1. The van der Waals surface area contributed by atoms with Gasteiger partial charge in [0.05, 0.1) is 17.7 Å². The maximum atomic E-state index is 13.1. The third-order valence-electron chi connectivity index (χ3n) is 7.74. The van der Waals surface area contributed by atoms with Crippen LogP contribution < -0.4 is 0 Å². The number of fused-ring (bicyclic) bond motifs is 1. The molecule has 1 saturated carbocycles. The minimum atomic E-state index is -0.418. The van der Waals surface area contributed by atoms with Crippen LogP contribution in [0.25, 0.3) is 0 Å². The summed E-state index contributed by atoms with van der Waals surface area (Å²) in [6.07, 6.45) is 4.86. The van der Waals surface area contributed by atoms with Crippen molar-refractivity contribution in [3.8, 4) is 0 Å². The van der Waals surface area contributed by atoms with Crippen molar-refractivity contribution in [3.05, 3.63) is 58.4 Å². The average molecular weight is 477 g/mol. The molecule has 0 spiro atoms. The third kappa shape index (κ3) is 4.31. The fraction of sp³-hybridized carbons (Fsp3) is 0.481. The zero-order valence-corrected chi connectivity index (χ0v) is 20.5. The van der Waals surface area contributed by atoms with Crippen LogP contribution in [0.2, 0.25) is 0 Å². The molecule has 0 unspecified atom stereocenters. The summed E-state index contributed by atoms with van der Waals surface area (Å²) in [5.74, 6) is -0.962. The average Bonchev–Trinajstić information content (AvgIpc) is 3.54. The van der Waals surface area contributed by atoms with E-state index in [4.69, 9.17) is 0 Å². The Morgan fingerprint density at radius 2 is 1.49 bits per heavy atom. The molecule has 0 radical (unpaired) electrons. The molecule has 3 amide bonds. The summed E-state index contributed by atoms with van der Waals surface area (Å²) in [7, 11) is 0. The first-order valence-corrected chi connectivity index (χ1v) is 12.5. The quantitative estimate of drug-likeness (QED) is 0.473. The van der Waals surface area contributed by atoms with Crippen LogP contribution in [0.3, 0.4) is 0 Å². The molecule has 1 aromatic heterocycles. The molecule has 35 heavy (non-hydrogen) atoms. The Morgan fingerprint density at radius 1 is 0.886 bits per heavy atom. The fourth-order valence-corrected chi connectivity index (χ4v) is 5.85. The van der Waals surface area contributed by atoms with Gasteiger partial charge in [0.25, 0.3) is 11.8 Å². The summed E-state index contributed by atoms with van der Waals surface area (Å²) in [5.41, 5.74) is 3.72. The number of benzene rings is 1. The minimum absolute atomic E-state index is 0.119. The van der Waals surface area contributed by atoms with Crippen LogP contribution in [0.1, 0.15) is 74.2 Å². The zero-order chi connectivity index (χ0) is 24.7. The smallest absolute Gasteiger partial charge is 0.262 e. The third-order valence-corrected chi connectivity index (χ3v) is 7.74. The molecule has 0 N–H and O–H groups in total. The van der Waals surface area contributed by atoms with Gasteiger partial charge in [-0.25, -0.2) is 0 Å². The standard InChI is InChI=1S/C27H32N4O4/c1-18-15-23(19(2)31(18)20-7-3-4-8-20)24(32)16-28-11-13-29(14-12-28)25(33)17-30-26(34)21-9-5-6-10-22(21)27(30)35/h5-6,9-10,15,20H,3-4,7-8,11-14,16-17H2,1-2H3. The number of amides is 3. The highest BCUT2D eigenvalue weighted by Gasteiger charge is 2.37. The van der Waals surface area contributed by atoms with Crippen LogP contribution in [-0.4, -0.2) is 82.0 Å². The van der Waals surface area contributed by atoms with Crippen LogP contribution in [0.4, 0.5) is 0 Å². The van der Waals surface area contributed by atoms with E-state index in [0.717, 1.165) is 21.9 Å². The highest BCUT2D eigenvalue weighted by Crippen LogP contribution is 2.33. The molecule has 1 aliphatic carbocycles. The Balaban J connectivity index is 1.15. The first-order chi connectivity index (χ1) is 16.8. The second-order valence-corrected chi connectivity index (χ2v) is 9.92. The van der Waals surface area contributed by atoms with Gasteiger partial charge in [-0.15, -0.1) is 0 Å². The van der Waals surface area contributed by atoms with E-state index in [2.05, 4.69) is 16.4 Å². The van der Waals surface area contributed by atoms with Gasteiger partial charge in [0.1, 0.15) is 6.54 Å². The lowest BCUT2D eigenvalue weighted by Crippen LogP contribution is -2.52. The molecule has 1 saturated heterocycles. The van der Waals surface area contributed by atoms with Crippen LogP contribution in [0.15, 0.2) is 30.3 Å². The molecule has 8 heteroatoms. The van der Waals surface area contributed by atoms with Gasteiger partial charge in [-0.1, -0.05) is 25.0 Å². The number of hydrogen-bond acceptors (Lipinski definition) is 5. The van der Waals surface area contributed by atoms with Crippen LogP contribution in [-0.2, 0) is 4.79 Å². The van der Waals surface area contributed by atoms with Crippen LogP contribution in [0.5, 0.6) is 0 Å². The van der Waals surface area contributed by atoms with E-state index in [1.807, 2.05) is 13.0 Å². The Bertz CT molecular complexity index is 1150. The number of carbonyl (C=O) groups is 4. The van der Waals surface area contributed by atoms with Crippen molar-refractivity contribution in [1.82, 2.24) is 19.3 Å². The van der Waals surface area contributed by atoms with Crippen molar-refractivity contribution in [2.24, 2.45) is 0 Å². The number of hydrogen-bond donors (Lipinski definition) is 0. The Hall–Kier alpha value is -3.26. The SMILES string of the molecule is Cc1cc(C(=O)CN2CCN(C(=O)CN3C(=O)c4ccccc4C3=O)CC2)c(C)n1C1CCCC1. The highest BCUT2D eigenvalue weighted by atomic mass is 16.2. The molecule has 3 aliphatic rings. The second-order valence-electron chi connectivity index (χ2n) is 9.92. The summed E-state index contributed by atoms with van der Waals surface area (Å²) >= 11 is 0. The predicted octanol–water partition coefficient (Wildman–Crippen LogP) is 2.84. The Morgan fingerprint density at radius 3 is 2.09 bits per heavy atom. The summed E-state index contributed by atoms with van der Waals surface area (Å²) in [4.78, 5) is 55.9. The number of imide groups is 1. The highest BCUT2D eigenvalue weighted by molar-refractivity contribution is 6.22. The van der Waals surface area contributed by atoms with Crippen molar-refractivity contribution < 1.29 is 19.2 Å². The number of ketones is 1. The van der Waals surface area contributed by atoms with Gasteiger partial charge in [0.2, 0.25) is 5.91 Å². The lowest BCUT2D eigenvalue weighted by atomic mass is 10.1. The van der Waals surface area contributed by atoms with Gasteiger partial charge in [-0.05, 0) is 44.9 Å². The van der Waals surface area contributed by atoms with E-state index in [1.54, 1.807) is 29.2 Å². The van der Waals surface area contributed by atoms with Crippen molar-refractivity contribution >= 4 is 23.5 Å². The van der Waals surface area contributed by atoms with E-state index in [-0.39, 0.29) is 18.2 Å². The summed E-state index contributed by atoms with van der Waals surface area (Å²) in [6, 6.07) is 9.18. The Kier molecular flexibility index (Phi) is 6.32. The monoisotopic (exact) mass is 476 g/mol. The Labute approximate surface area is 205 Å². The van der Waals surface area contributed by atoms with E-state index < -0.39 is 11.8 Å². The van der Waals surface area contributed by atoms with Crippen molar-refractivity contribution in [1.29, 1.82) is 0 Å². The number of carbonyl (C=O) groups excluding carboxylic acids is 4. The molecule has 0 atom stereocenters. The predicted molar refractivity (Wildman–Crippen MR) is 131 cm³/mol. The molecular weight excluding hydrogens is 444 g/mol. The molecule has 3 heterocycles. The van der Waals surface area contributed by atoms with Crippen molar-refractivity contribution in [2.45, 2.75) is 45.6 Å². The fourth-order valence-electron chi connectivity index (χ4n) is 5.85. The topological polar surface area (TPSA) is 82.9 Å². The minimum Gasteiger partial charge on any atom is -0.345 e. The molecule has 8 nitrogen and oxygen atoms in total. The first kappa shape index (κ1) is 23.5. The molecule has 0 bridgehead atoms. The lowest BCUT2D eigenvalue weighted by molar-refractivity contribution is -0.133. The summed E-state index contributed by atoms with van der Waals surface area (Å²) < 4.78 is 2.34. The van der Waals surface area contributed by atoms with Gasteiger partial charge in [-0.2, -0.15) is 0 Å². The summed E-state index contributed by atoms with van der Waals surface area (Å²) in [5, 5.41) is 0. The van der Waals surface area contributed by atoms with Crippen LogP contribution in [0, 0.1) is 13.8 Å². The molecule has 2 aromatic rings. The number of aromatic nitrogens is 1. The van der Waals surface area contributed by atoms with Gasteiger partial charge < -0.3 is 9.47 Å². The number of Topliss-reactive ketones (excluding diaryl/α,β-unsaturated/α-hetero) is 1. The first-order valence-electron chi connectivity index (χ1n) is 12.5. The lowest BCUT2D eigenvalue weighted by Gasteiger charge is -2.35. The van der Waals surface area contributed by atoms with Gasteiger partial charge in [0, 0.05) is 49.2 Å². The van der Waals surface area contributed by atoms with Crippen molar-refractivity contribution in [3.63, 3.8) is 0 Å². The van der Waals surface area contributed by atoms with Crippen LogP contribution >= 0.6 is 0 Å². The molecular formula is C27H32N4O4. The maximum absolute atomic E-state index is 13.1.